The van der Waals surface area contributed by atoms with E-state index >= 15 is 0 Å². The van der Waals surface area contributed by atoms with Crippen molar-refractivity contribution in [3.63, 3.8) is 0 Å². The molecule has 2 rings (SSSR count). The molecule has 168 valence electrons. The van der Waals surface area contributed by atoms with E-state index in [1.165, 1.54) is 6.07 Å². The van der Waals surface area contributed by atoms with Crippen LogP contribution in [0, 0.1) is 0 Å². The van der Waals surface area contributed by atoms with E-state index in [1.807, 2.05) is 0 Å². The van der Waals surface area contributed by atoms with E-state index in [1.54, 1.807) is 0 Å². The lowest BCUT2D eigenvalue weighted by molar-refractivity contribution is -0.419. The van der Waals surface area contributed by atoms with Crippen molar-refractivity contribution in [2.45, 2.75) is 35.0 Å². The van der Waals surface area contributed by atoms with Gasteiger partial charge in [-0.2, -0.15) is 52.7 Å². The van der Waals surface area contributed by atoms with Crippen LogP contribution in [0.15, 0.2) is 39.5 Å². The number of hydrogen-bond donors (Lipinski definition) is 0. The molecule has 0 saturated heterocycles. The van der Waals surface area contributed by atoms with Gasteiger partial charge in [-0.3, -0.25) is 0 Å². The summed E-state index contributed by atoms with van der Waals surface area (Å²) in [6.45, 7) is 0. The van der Waals surface area contributed by atoms with E-state index in [4.69, 9.17) is 0 Å². The third-order valence-corrected chi connectivity index (χ3v) is 4.15. The minimum atomic E-state index is -7.83. The van der Waals surface area contributed by atoms with Gasteiger partial charge in [0.25, 0.3) is 0 Å². The number of fused-ring (bicyclic) bond motifs is 1. The van der Waals surface area contributed by atoms with Crippen molar-refractivity contribution < 1.29 is 57.1 Å². The quantitative estimate of drug-likeness (QED) is 0.278. The Balaban J connectivity index is 2.71. The van der Waals surface area contributed by atoms with Gasteiger partial charge < -0.3 is 4.42 Å². The van der Waals surface area contributed by atoms with Crippen molar-refractivity contribution >= 4 is 22.6 Å². The average Bonchev–Trinajstić information content (AvgIpc) is 2.59. The minimum absolute atomic E-state index is 0.127. The Morgan fingerprint density at radius 1 is 0.700 bits per heavy atom. The van der Waals surface area contributed by atoms with Crippen LogP contribution < -0.4 is 5.63 Å². The number of alkyl halides is 13. The summed E-state index contributed by atoms with van der Waals surface area (Å²) >= 11 is 3.59. The summed E-state index contributed by atoms with van der Waals surface area (Å²) in [5, 5.41) is -7.09. The molecule has 0 bridgehead atoms. The van der Waals surface area contributed by atoms with Gasteiger partial charge >= 0.3 is 40.6 Å². The van der Waals surface area contributed by atoms with E-state index in [0.29, 0.717) is 0 Å². The molecule has 0 spiro atoms. The van der Waals surface area contributed by atoms with Gasteiger partial charge in [-0.15, -0.1) is 0 Å². The first-order valence-electron chi connectivity index (χ1n) is 7.22. The van der Waals surface area contributed by atoms with Gasteiger partial charge in [0.1, 0.15) is 11.1 Å². The molecule has 0 fully saturated rings. The summed E-state index contributed by atoms with van der Waals surface area (Å²) in [6, 6.07) is 3.97. The minimum Gasteiger partial charge on any atom is -0.422 e. The van der Waals surface area contributed by atoms with Crippen LogP contribution >= 0.6 is 11.6 Å². The van der Waals surface area contributed by atoms with E-state index in [0.717, 1.165) is 18.2 Å². The number of halogens is 13. The van der Waals surface area contributed by atoms with Gasteiger partial charge in [-0.25, -0.2) is 4.79 Å². The highest BCUT2D eigenvalue weighted by Gasteiger charge is 2.90. The van der Waals surface area contributed by atoms with Crippen LogP contribution in [0.2, 0.25) is 0 Å². The van der Waals surface area contributed by atoms with Crippen molar-refractivity contribution in [3.05, 3.63) is 46.3 Å². The van der Waals surface area contributed by atoms with E-state index < -0.39 is 57.2 Å². The molecule has 0 saturated carbocycles. The second-order valence-corrected chi connectivity index (χ2v) is 6.33. The third-order valence-electron chi connectivity index (χ3n) is 3.91. The predicted molar refractivity (Wildman–Crippen MR) is 77.0 cm³/mol. The van der Waals surface area contributed by atoms with E-state index in [9.17, 15) is 57.5 Å². The van der Waals surface area contributed by atoms with Crippen molar-refractivity contribution in [2.75, 3.05) is 0 Å². The van der Waals surface area contributed by atoms with Crippen molar-refractivity contribution in [3.8, 4) is 0 Å². The van der Waals surface area contributed by atoms with Crippen LogP contribution in [0.5, 0.6) is 0 Å². The normalized spacial score (nSPS) is 15.0. The number of rotatable bonds is 6. The molecule has 2 aromatic rings. The van der Waals surface area contributed by atoms with Crippen LogP contribution in [-0.4, -0.2) is 29.1 Å². The Morgan fingerprint density at radius 3 is 1.67 bits per heavy atom. The van der Waals surface area contributed by atoms with Crippen molar-refractivity contribution in [2.24, 2.45) is 0 Å². The summed E-state index contributed by atoms with van der Waals surface area (Å²) in [5.74, 6) is -37.1. The lowest BCUT2D eigenvalue weighted by atomic mass is 9.91. The van der Waals surface area contributed by atoms with E-state index in [2.05, 4.69) is 16.0 Å². The maximum atomic E-state index is 14.1. The fraction of sp³-hybridized carbons (Fsp3) is 0.400. The van der Waals surface area contributed by atoms with Crippen LogP contribution in [-0.2, 0) is 5.92 Å². The molecule has 0 atom stereocenters. The summed E-state index contributed by atoms with van der Waals surface area (Å²) in [7, 11) is 0. The van der Waals surface area contributed by atoms with E-state index in [-0.39, 0.29) is 6.07 Å². The molecule has 1 aromatic carbocycles. The van der Waals surface area contributed by atoms with Crippen molar-refractivity contribution in [1.29, 1.82) is 0 Å². The lowest BCUT2D eigenvalue weighted by Gasteiger charge is -2.39. The molecule has 0 aliphatic heterocycles. The van der Waals surface area contributed by atoms with Gasteiger partial charge in [-0.1, -0.05) is 18.2 Å². The maximum absolute atomic E-state index is 14.1. The predicted octanol–water partition coefficient (Wildman–Crippen LogP) is 6.26. The number of hydrogen-bond acceptors (Lipinski definition) is 2. The molecule has 15 heteroatoms. The van der Waals surface area contributed by atoms with Gasteiger partial charge in [0.2, 0.25) is 0 Å². The summed E-state index contributed by atoms with van der Waals surface area (Å²) in [5.41, 5.74) is -5.51. The first-order valence-corrected chi connectivity index (χ1v) is 7.60. The van der Waals surface area contributed by atoms with Gasteiger partial charge in [0, 0.05) is 5.39 Å². The first-order chi connectivity index (χ1) is 13.2. The monoisotopic (exact) mass is 480 g/mol. The van der Waals surface area contributed by atoms with Gasteiger partial charge in [0.05, 0.1) is 0 Å². The summed E-state index contributed by atoms with van der Waals surface area (Å²) < 4.78 is 165. The van der Waals surface area contributed by atoms with Crippen LogP contribution in [0.1, 0.15) is 5.56 Å². The van der Waals surface area contributed by atoms with Crippen molar-refractivity contribution in [1.82, 2.24) is 0 Å². The Bertz CT molecular complexity index is 1010. The molecular formula is C15H5ClF12O2. The zero-order valence-corrected chi connectivity index (χ0v) is 14.4. The SMILES string of the molecule is O=c1oc2ccccc2cc1C(F)(F)C(F)(F)C(F)(F)C(F)(F)C(F)(F)C(F)(F)Cl. The molecule has 0 amide bonds. The maximum Gasteiger partial charge on any atom is 0.393 e. The highest BCUT2D eigenvalue weighted by Crippen LogP contribution is 2.62. The first kappa shape index (κ1) is 24.2. The molecule has 0 N–H and O–H groups in total. The highest BCUT2D eigenvalue weighted by atomic mass is 35.5. The Labute approximate surface area is 162 Å². The average molecular weight is 481 g/mol. The Kier molecular flexibility index (Phi) is 5.39. The molecule has 0 unspecified atom stereocenters. The van der Waals surface area contributed by atoms with Crippen LogP contribution in [0.4, 0.5) is 52.7 Å². The highest BCUT2D eigenvalue weighted by molar-refractivity contribution is 6.22. The zero-order valence-electron chi connectivity index (χ0n) is 13.6. The Hall–Kier alpha value is -2.12. The fourth-order valence-corrected chi connectivity index (χ4v) is 2.34. The molecule has 1 aromatic heterocycles. The topological polar surface area (TPSA) is 30.2 Å². The number of benzene rings is 1. The van der Waals surface area contributed by atoms with Gasteiger partial charge in [0.15, 0.2) is 0 Å². The molecule has 1 heterocycles. The second-order valence-electron chi connectivity index (χ2n) is 5.86. The second kappa shape index (κ2) is 6.69. The standard InChI is InChI=1S/C15H5ClF12O2/c16-15(27,28)14(25,26)13(23,24)12(21,22)11(19,20)10(17,18)7-5-6-3-1-2-4-8(6)30-9(7)29/h1-5H. The summed E-state index contributed by atoms with van der Waals surface area (Å²) in [6.07, 6.45) is 0. The third kappa shape index (κ3) is 3.10. The Morgan fingerprint density at radius 2 is 1.17 bits per heavy atom. The van der Waals surface area contributed by atoms with Gasteiger partial charge in [-0.05, 0) is 23.7 Å². The molecule has 0 aliphatic rings. The summed E-state index contributed by atoms with van der Waals surface area (Å²) in [4.78, 5) is 11.6. The smallest absolute Gasteiger partial charge is 0.393 e. The molecule has 0 aliphatic carbocycles. The lowest BCUT2D eigenvalue weighted by Crippen LogP contribution is -2.69. The van der Waals surface area contributed by atoms with Crippen LogP contribution in [0.3, 0.4) is 0 Å². The molecule has 2 nitrogen and oxygen atoms in total. The molecular weight excluding hydrogens is 476 g/mol. The largest absolute Gasteiger partial charge is 0.422 e. The molecule has 0 radical (unpaired) electrons. The van der Waals surface area contributed by atoms with Crippen LogP contribution in [0.25, 0.3) is 11.0 Å². The fourth-order valence-electron chi connectivity index (χ4n) is 2.22. The molecule has 30 heavy (non-hydrogen) atoms. The zero-order chi connectivity index (χ0) is 23.6. The number of para-hydroxylation sites is 1.